The number of hydrogen-bond acceptors (Lipinski definition) is 5. The van der Waals surface area contributed by atoms with Crippen molar-refractivity contribution in [2.75, 3.05) is 19.6 Å². The first kappa shape index (κ1) is 20.8. The number of hydrogen-bond donors (Lipinski definition) is 0. The summed E-state index contributed by atoms with van der Waals surface area (Å²) in [5.74, 6) is 0.968. The third kappa shape index (κ3) is 4.51. The quantitative estimate of drug-likeness (QED) is 0.726. The number of benzene rings is 1. The maximum Gasteiger partial charge on any atom is 0.253 e. The van der Waals surface area contributed by atoms with Crippen molar-refractivity contribution >= 4 is 23.2 Å². The molecule has 0 N–H and O–H groups in total. The number of amides is 2. The predicted molar refractivity (Wildman–Crippen MR) is 117 cm³/mol. The van der Waals surface area contributed by atoms with Crippen LogP contribution >= 0.6 is 11.3 Å². The fourth-order valence-electron chi connectivity index (χ4n) is 4.48. The number of carbonyl (C=O) groups is 2. The zero-order valence-electron chi connectivity index (χ0n) is 17.9. The van der Waals surface area contributed by atoms with Crippen molar-refractivity contribution in [2.45, 2.75) is 52.7 Å². The molecular formula is C23H29N3O3S. The van der Waals surface area contributed by atoms with Crippen LogP contribution in [0, 0.1) is 12.3 Å². The first-order chi connectivity index (χ1) is 14.3. The fourth-order valence-corrected chi connectivity index (χ4v) is 5.08. The SMILES string of the molecule is Cc1nc(CN2CC3(CCN(C(=O)c4cccc(OC(C)C)c4)CC3)CC2=O)cs1. The monoisotopic (exact) mass is 427 g/mol. The number of nitrogens with zero attached hydrogens (tertiary/aromatic N) is 3. The highest BCUT2D eigenvalue weighted by Crippen LogP contribution is 2.41. The molecule has 0 bridgehead atoms. The normalized spacial score (nSPS) is 18.5. The molecule has 3 heterocycles. The van der Waals surface area contributed by atoms with Gasteiger partial charge in [0.15, 0.2) is 0 Å². The van der Waals surface area contributed by atoms with Crippen LogP contribution in [0.5, 0.6) is 5.75 Å². The Labute approximate surface area is 181 Å². The third-order valence-electron chi connectivity index (χ3n) is 5.99. The van der Waals surface area contributed by atoms with Crippen molar-refractivity contribution < 1.29 is 14.3 Å². The molecule has 0 radical (unpaired) electrons. The highest BCUT2D eigenvalue weighted by atomic mass is 32.1. The minimum atomic E-state index is -0.0124. The second kappa shape index (κ2) is 8.38. The molecule has 2 saturated heterocycles. The summed E-state index contributed by atoms with van der Waals surface area (Å²) in [7, 11) is 0. The van der Waals surface area contributed by atoms with E-state index in [1.54, 1.807) is 11.3 Å². The van der Waals surface area contributed by atoms with Gasteiger partial charge in [0.1, 0.15) is 5.75 Å². The molecule has 2 aliphatic heterocycles. The maximum absolute atomic E-state index is 13.0. The van der Waals surface area contributed by atoms with Gasteiger partial charge in [-0.05, 0) is 51.8 Å². The number of rotatable bonds is 5. The van der Waals surface area contributed by atoms with E-state index in [4.69, 9.17) is 4.74 Å². The average Bonchev–Trinajstić information content (AvgIpc) is 3.24. The first-order valence-electron chi connectivity index (χ1n) is 10.6. The molecule has 1 aromatic carbocycles. The van der Waals surface area contributed by atoms with Crippen molar-refractivity contribution in [2.24, 2.45) is 5.41 Å². The van der Waals surface area contributed by atoms with E-state index in [9.17, 15) is 9.59 Å². The van der Waals surface area contributed by atoms with Crippen LogP contribution in [0.3, 0.4) is 0 Å². The highest BCUT2D eigenvalue weighted by molar-refractivity contribution is 7.09. The second-order valence-electron chi connectivity index (χ2n) is 8.77. The van der Waals surface area contributed by atoms with E-state index < -0.39 is 0 Å². The van der Waals surface area contributed by atoms with Gasteiger partial charge in [-0.3, -0.25) is 9.59 Å². The Morgan fingerprint density at radius 1 is 1.30 bits per heavy atom. The van der Waals surface area contributed by atoms with Crippen LogP contribution in [-0.4, -0.2) is 52.3 Å². The van der Waals surface area contributed by atoms with Gasteiger partial charge in [-0.2, -0.15) is 0 Å². The summed E-state index contributed by atoms with van der Waals surface area (Å²) in [6.45, 7) is 8.66. The van der Waals surface area contributed by atoms with Gasteiger partial charge < -0.3 is 14.5 Å². The molecule has 0 aliphatic carbocycles. The number of aromatic nitrogens is 1. The number of thiazole rings is 1. The second-order valence-corrected chi connectivity index (χ2v) is 9.83. The number of piperidine rings is 1. The molecule has 1 aromatic heterocycles. The third-order valence-corrected chi connectivity index (χ3v) is 6.81. The number of ether oxygens (including phenoxy) is 1. The Balaban J connectivity index is 1.36. The van der Waals surface area contributed by atoms with E-state index in [0.29, 0.717) is 31.6 Å². The molecule has 4 rings (SSSR count). The zero-order chi connectivity index (χ0) is 21.3. The maximum atomic E-state index is 13.0. The van der Waals surface area contributed by atoms with E-state index >= 15 is 0 Å². The Morgan fingerprint density at radius 2 is 2.07 bits per heavy atom. The minimum absolute atomic E-state index is 0.0124. The summed E-state index contributed by atoms with van der Waals surface area (Å²) >= 11 is 1.62. The van der Waals surface area contributed by atoms with Gasteiger partial charge in [0.25, 0.3) is 5.91 Å². The van der Waals surface area contributed by atoms with E-state index in [0.717, 1.165) is 35.8 Å². The van der Waals surface area contributed by atoms with Crippen LogP contribution in [0.15, 0.2) is 29.6 Å². The Bertz CT molecular complexity index is 931. The van der Waals surface area contributed by atoms with E-state index in [-0.39, 0.29) is 23.3 Å². The van der Waals surface area contributed by atoms with Gasteiger partial charge in [0, 0.05) is 42.4 Å². The topological polar surface area (TPSA) is 62.7 Å². The van der Waals surface area contributed by atoms with E-state index in [2.05, 4.69) is 4.98 Å². The summed E-state index contributed by atoms with van der Waals surface area (Å²) in [5, 5.41) is 3.06. The molecule has 1 spiro atoms. The van der Waals surface area contributed by atoms with E-state index in [1.165, 1.54) is 0 Å². The summed E-state index contributed by atoms with van der Waals surface area (Å²) in [4.78, 5) is 34.0. The number of aryl methyl sites for hydroxylation is 1. The summed E-state index contributed by atoms with van der Waals surface area (Å²) < 4.78 is 5.72. The first-order valence-corrected chi connectivity index (χ1v) is 11.5. The standard InChI is InChI=1S/C23H29N3O3S/c1-16(2)29-20-6-4-5-18(11-20)22(28)25-9-7-23(8-10-25)12-21(27)26(15-23)13-19-14-30-17(3)24-19/h4-6,11,14,16H,7-10,12-13,15H2,1-3H3. The number of likely N-dealkylation sites (tertiary alicyclic amines) is 2. The minimum Gasteiger partial charge on any atom is -0.491 e. The molecule has 30 heavy (non-hydrogen) atoms. The van der Waals surface area contributed by atoms with Crippen LogP contribution in [-0.2, 0) is 11.3 Å². The molecule has 0 unspecified atom stereocenters. The molecule has 7 heteroatoms. The largest absolute Gasteiger partial charge is 0.491 e. The Hall–Kier alpha value is -2.41. The average molecular weight is 428 g/mol. The number of carbonyl (C=O) groups excluding carboxylic acids is 2. The lowest BCUT2D eigenvalue weighted by molar-refractivity contribution is -0.128. The van der Waals surface area contributed by atoms with Crippen molar-refractivity contribution in [1.82, 2.24) is 14.8 Å². The molecule has 2 amide bonds. The van der Waals surface area contributed by atoms with Crippen LogP contribution in [0.4, 0.5) is 0 Å². The molecule has 6 nitrogen and oxygen atoms in total. The molecule has 0 atom stereocenters. The van der Waals surface area contributed by atoms with Crippen molar-refractivity contribution in [1.29, 1.82) is 0 Å². The molecule has 2 fully saturated rings. The van der Waals surface area contributed by atoms with Gasteiger partial charge in [-0.15, -0.1) is 11.3 Å². The lowest BCUT2D eigenvalue weighted by atomic mass is 9.77. The van der Waals surface area contributed by atoms with Gasteiger partial charge >= 0.3 is 0 Å². The summed E-state index contributed by atoms with van der Waals surface area (Å²) in [6.07, 6.45) is 2.37. The summed E-state index contributed by atoms with van der Waals surface area (Å²) in [6, 6.07) is 7.41. The zero-order valence-corrected chi connectivity index (χ0v) is 18.7. The smallest absolute Gasteiger partial charge is 0.253 e. The Morgan fingerprint density at radius 3 is 2.73 bits per heavy atom. The van der Waals surface area contributed by atoms with Crippen LogP contribution in [0.25, 0.3) is 0 Å². The van der Waals surface area contributed by atoms with Crippen molar-refractivity contribution in [3.05, 3.63) is 45.9 Å². The predicted octanol–water partition coefficient (Wildman–Crippen LogP) is 3.89. The fraction of sp³-hybridized carbons (Fsp3) is 0.522. The molecule has 0 saturated carbocycles. The van der Waals surface area contributed by atoms with E-state index in [1.807, 2.05) is 60.2 Å². The van der Waals surface area contributed by atoms with Crippen LogP contribution in [0.1, 0.15) is 54.2 Å². The molecule has 2 aliphatic rings. The van der Waals surface area contributed by atoms with Gasteiger partial charge in [0.2, 0.25) is 5.91 Å². The van der Waals surface area contributed by atoms with Gasteiger partial charge in [-0.1, -0.05) is 6.07 Å². The molecule has 2 aromatic rings. The van der Waals surface area contributed by atoms with Gasteiger partial charge in [0.05, 0.1) is 23.4 Å². The highest BCUT2D eigenvalue weighted by Gasteiger charge is 2.45. The lowest BCUT2D eigenvalue weighted by Crippen LogP contribution is -2.44. The van der Waals surface area contributed by atoms with Crippen molar-refractivity contribution in [3.8, 4) is 5.75 Å². The van der Waals surface area contributed by atoms with Crippen molar-refractivity contribution in [3.63, 3.8) is 0 Å². The Kier molecular flexibility index (Phi) is 5.82. The molecule has 160 valence electrons. The van der Waals surface area contributed by atoms with Crippen LogP contribution < -0.4 is 4.74 Å². The lowest BCUT2D eigenvalue weighted by Gasteiger charge is -2.38. The van der Waals surface area contributed by atoms with Gasteiger partial charge in [-0.25, -0.2) is 4.98 Å². The molecular weight excluding hydrogens is 398 g/mol. The van der Waals surface area contributed by atoms with Crippen LogP contribution in [0.2, 0.25) is 0 Å². The summed E-state index contributed by atoms with van der Waals surface area (Å²) in [5.41, 5.74) is 1.62.